The van der Waals surface area contributed by atoms with Crippen molar-refractivity contribution in [3.63, 3.8) is 0 Å². The molecule has 12 heavy (non-hydrogen) atoms. The fraction of sp³-hybridized carbons (Fsp3) is 0.889. The van der Waals surface area contributed by atoms with Gasteiger partial charge in [-0.1, -0.05) is 19.3 Å². The molecule has 2 aliphatic rings. The van der Waals surface area contributed by atoms with Crippen molar-refractivity contribution in [2.75, 3.05) is 0 Å². The maximum absolute atomic E-state index is 10.8. The van der Waals surface area contributed by atoms with Gasteiger partial charge in [0.15, 0.2) is 0 Å². The first kappa shape index (κ1) is 8.05. The second-order valence-electron chi connectivity index (χ2n) is 4.09. The predicted octanol–water partition coefficient (Wildman–Crippen LogP) is 0.979. The maximum atomic E-state index is 10.8. The SMILES string of the molecule is NC1(C(=O)O)C2CCCCCC21. The van der Waals surface area contributed by atoms with Crippen molar-refractivity contribution in [2.24, 2.45) is 17.6 Å². The van der Waals surface area contributed by atoms with E-state index in [0.717, 1.165) is 25.7 Å². The Bertz CT molecular complexity index is 203. The van der Waals surface area contributed by atoms with Gasteiger partial charge in [-0.05, 0) is 24.7 Å². The van der Waals surface area contributed by atoms with E-state index < -0.39 is 11.5 Å². The van der Waals surface area contributed by atoms with Gasteiger partial charge in [-0.25, -0.2) is 0 Å². The van der Waals surface area contributed by atoms with Crippen LogP contribution >= 0.6 is 0 Å². The van der Waals surface area contributed by atoms with Crippen molar-refractivity contribution >= 4 is 5.97 Å². The second kappa shape index (κ2) is 2.46. The molecule has 2 rings (SSSR count). The van der Waals surface area contributed by atoms with Crippen LogP contribution in [-0.2, 0) is 4.79 Å². The minimum absolute atomic E-state index is 0.275. The van der Waals surface area contributed by atoms with Gasteiger partial charge in [0.2, 0.25) is 0 Å². The lowest BCUT2D eigenvalue weighted by Crippen LogP contribution is -2.37. The summed E-state index contributed by atoms with van der Waals surface area (Å²) in [7, 11) is 0. The van der Waals surface area contributed by atoms with Crippen LogP contribution in [0.25, 0.3) is 0 Å². The van der Waals surface area contributed by atoms with Gasteiger partial charge in [0.1, 0.15) is 5.54 Å². The molecule has 0 bridgehead atoms. The van der Waals surface area contributed by atoms with Crippen molar-refractivity contribution in [3.05, 3.63) is 0 Å². The summed E-state index contributed by atoms with van der Waals surface area (Å²) in [6.07, 6.45) is 5.62. The Balaban J connectivity index is 2.10. The minimum atomic E-state index is -0.847. The molecular weight excluding hydrogens is 154 g/mol. The molecule has 2 saturated carbocycles. The number of carbonyl (C=O) groups is 1. The third-order valence-electron chi connectivity index (χ3n) is 3.50. The molecule has 68 valence electrons. The zero-order valence-electron chi connectivity index (χ0n) is 7.12. The van der Waals surface area contributed by atoms with Gasteiger partial charge >= 0.3 is 5.97 Å². The number of carboxylic acids is 1. The maximum Gasteiger partial charge on any atom is 0.324 e. The van der Waals surface area contributed by atoms with E-state index in [9.17, 15) is 4.79 Å². The summed E-state index contributed by atoms with van der Waals surface area (Å²) in [4.78, 5) is 10.8. The summed E-state index contributed by atoms with van der Waals surface area (Å²) < 4.78 is 0. The monoisotopic (exact) mass is 169 g/mol. The van der Waals surface area contributed by atoms with Crippen LogP contribution in [0.3, 0.4) is 0 Å². The highest BCUT2D eigenvalue weighted by Gasteiger charge is 2.66. The van der Waals surface area contributed by atoms with Crippen LogP contribution in [0.5, 0.6) is 0 Å². The molecule has 0 aromatic carbocycles. The molecule has 2 fully saturated rings. The van der Waals surface area contributed by atoms with Crippen LogP contribution < -0.4 is 5.73 Å². The van der Waals surface area contributed by atoms with E-state index in [1.54, 1.807) is 0 Å². The van der Waals surface area contributed by atoms with Gasteiger partial charge in [-0.3, -0.25) is 4.79 Å². The summed E-state index contributed by atoms with van der Waals surface area (Å²) in [6, 6.07) is 0. The third kappa shape index (κ3) is 0.891. The fourth-order valence-corrected chi connectivity index (χ4v) is 2.67. The molecule has 2 unspecified atom stereocenters. The Morgan fingerprint density at radius 2 is 1.75 bits per heavy atom. The Kier molecular flexibility index (Phi) is 1.65. The lowest BCUT2D eigenvalue weighted by Gasteiger charge is -2.07. The van der Waals surface area contributed by atoms with Crippen LogP contribution in [0.15, 0.2) is 0 Å². The van der Waals surface area contributed by atoms with Crippen molar-refractivity contribution < 1.29 is 9.90 Å². The number of rotatable bonds is 1. The Hall–Kier alpha value is -0.570. The van der Waals surface area contributed by atoms with Crippen LogP contribution in [0.2, 0.25) is 0 Å². The van der Waals surface area contributed by atoms with Gasteiger partial charge < -0.3 is 10.8 Å². The van der Waals surface area contributed by atoms with Gasteiger partial charge in [-0.15, -0.1) is 0 Å². The second-order valence-corrected chi connectivity index (χ2v) is 4.09. The highest BCUT2D eigenvalue weighted by atomic mass is 16.4. The molecule has 3 nitrogen and oxygen atoms in total. The predicted molar refractivity (Wildman–Crippen MR) is 44.6 cm³/mol. The van der Waals surface area contributed by atoms with Crippen LogP contribution in [-0.4, -0.2) is 16.6 Å². The number of hydrogen-bond donors (Lipinski definition) is 2. The largest absolute Gasteiger partial charge is 0.480 e. The molecule has 0 amide bonds. The quantitative estimate of drug-likeness (QED) is 0.615. The average molecular weight is 169 g/mol. The molecule has 0 radical (unpaired) electrons. The van der Waals surface area contributed by atoms with Crippen molar-refractivity contribution in [1.82, 2.24) is 0 Å². The molecule has 3 heteroatoms. The smallest absolute Gasteiger partial charge is 0.324 e. The van der Waals surface area contributed by atoms with E-state index in [0.29, 0.717) is 0 Å². The van der Waals surface area contributed by atoms with Crippen LogP contribution in [0, 0.1) is 11.8 Å². The molecule has 0 saturated heterocycles. The van der Waals surface area contributed by atoms with E-state index >= 15 is 0 Å². The van der Waals surface area contributed by atoms with Gasteiger partial charge in [0.25, 0.3) is 0 Å². The van der Waals surface area contributed by atoms with E-state index in [1.807, 2.05) is 0 Å². The van der Waals surface area contributed by atoms with E-state index in [1.165, 1.54) is 6.42 Å². The summed E-state index contributed by atoms with van der Waals surface area (Å²) in [6.45, 7) is 0. The summed E-state index contributed by atoms with van der Waals surface area (Å²) >= 11 is 0. The average Bonchev–Trinajstić information content (AvgIpc) is 2.66. The third-order valence-corrected chi connectivity index (χ3v) is 3.50. The molecule has 2 aliphatic carbocycles. The van der Waals surface area contributed by atoms with E-state index in [2.05, 4.69) is 0 Å². The molecular formula is C9H15NO2. The highest BCUT2D eigenvalue weighted by Crippen LogP contribution is 2.55. The minimum Gasteiger partial charge on any atom is -0.480 e. The van der Waals surface area contributed by atoms with Gasteiger partial charge in [0.05, 0.1) is 0 Å². The molecule has 0 heterocycles. The number of nitrogens with two attached hydrogens (primary N) is 1. The highest BCUT2D eigenvalue weighted by molar-refractivity contribution is 5.83. The molecule has 3 N–H and O–H groups in total. The Morgan fingerprint density at radius 3 is 2.17 bits per heavy atom. The standard InChI is InChI=1S/C9H15NO2/c10-9(8(11)12)6-4-2-1-3-5-7(6)9/h6-7H,1-5,10H2,(H,11,12). The topological polar surface area (TPSA) is 63.3 Å². The lowest BCUT2D eigenvalue weighted by atomic mass is 10.1. The Morgan fingerprint density at radius 1 is 1.25 bits per heavy atom. The first-order valence-corrected chi connectivity index (χ1v) is 4.69. The zero-order valence-corrected chi connectivity index (χ0v) is 7.12. The summed E-state index contributed by atoms with van der Waals surface area (Å²) in [5.74, 6) is -0.241. The Labute approximate surface area is 71.9 Å². The zero-order chi connectivity index (χ0) is 8.77. The molecule has 0 spiro atoms. The number of hydrogen-bond acceptors (Lipinski definition) is 2. The lowest BCUT2D eigenvalue weighted by molar-refractivity contribution is -0.140. The van der Waals surface area contributed by atoms with Crippen molar-refractivity contribution in [3.8, 4) is 0 Å². The van der Waals surface area contributed by atoms with Crippen LogP contribution in [0.4, 0.5) is 0 Å². The number of carboxylic acid groups (broad SMARTS) is 1. The molecule has 0 aromatic heterocycles. The summed E-state index contributed by atoms with van der Waals surface area (Å²) in [5, 5.41) is 8.91. The van der Waals surface area contributed by atoms with Crippen molar-refractivity contribution in [2.45, 2.75) is 37.6 Å². The van der Waals surface area contributed by atoms with Gasteiger partial charge in [-0.2, -0.15) is 0 Å². The first-order chi connectivity index (χ1) is 5.67. The fourth-order valence-electron chi connectivity index (χ4n) is 2.67. The molecule has 0 aliphatic heterocycles. The normalized spacial score (nSPS) is 46.1. The molecule has 2 atom stereocenters. The van der Waals surface area contributed by atoms with Gasteiger partial charge in [0, 0.05) is 0 Å². The number of aliphatic carboxylic acids is 1. The van der Waals surface area contributed by atoms with Crippen LogP contribution in [0.1, 0.15) is 32.1 Å². The van der Waals surface area contributed by atoms with E-state index in [-0.39, 0.29) is 11.8 Å². The first-order valence-electron chi connectivity index (χ1n) is 4.69. The summed E-state index contributed by atoms with van der Waals surface area (Å²) in [5.41, 5.74) is 4.96. The number of fused-ring (bicyclic) bond motifs is 1. The van der Waals surface area contributed by atoms with E-state index in [4.69, 9.17) is 10.8 Å². The molecule has 0 aromatic rings. The van der Waals surface area contributed by atoms with Crippen molar-refractivity contribution in [1.29, 1.82) is 0 Å².